The normalized spacial score (nSPS) is 13.3. The number of aromatic hydroxyl groups is 1. The molecule has 2 aromatic rings. The van der Waals surface area contributed by atoms with E-state index >= 15 is 0 Å². The first kappa shape index (κ1) is 16.0. The number of terminal acetylenes is 1. The maximum absolute atomic E-state index is 11.7. The van der Waals surface area contributed by atoms with Gasteiger partial charge < -0.3 is 15.7 Å². The van der Waals surface area contributed by atoms with Crippen molar-refractivity contribution >= 4 is 11.7 Å². The van der Waals surface area contributed by atoms with Crippen LogP contribution < -0.4 is 10.6 Å². The van der Waals surface area contributed by atoms with Crippen LogP contribution in [0.25, 0.3) is 11.3 Å². The van der Waals surface area contributed by atoms with E-state index in [1.807, 2.05) is 6.07 Å². The number of rotatable bonds is 5. The van der Waals surface area contributed by atoms with Crippen molar-refractivity contribution in [2.24, 2.45) is 0 Å². The Hall–Kier alpha value is -2.91. The summed E-state index contributed by atoms with van der Waals surface area (Å²) in [6.07, 6.45) is 7.47. The maximum atomic E-state index is 11.7. The van der Waals surface area contributed by atoms with Gasteiger partial charge in [0.05, 0.1) is 6.54 Å². The molecule has 0 unspecified atom stereocenters. The molecule has 3 N–H and O–H groups in total. The van der Waals surface area contributed by atoms with Crippen LogP contribution in [0.2, 0.25) is 0 Å². The van der Waals surface area contributed by atoms with E-state index in [1.165, 1.54) is 6.07 Å². The van der Waals surface area contributed by atoms with Gasteiger partial charge in [-0.25, -0.2) is 0 Å². The molecule has 0 radical (unpaired) electrons. The van der Waals surface area contributed by atoms with E-state index in [0.717, 1.165) is 18.4 Å². The van der Waals surface area contributed by atoms with Crippen LogP contribution in [0, 0.1) is 12.3 Å². The van der Waals surface area contributed by atoms with Crippen LogP contribution in [0.3, 0.4) is 0 Å². The van der Waals surface area contributed by atoms with Crippen LogP contribution in [0.5, 0.6) is 5.75 Å². The number of aromatic nitrogens is 2. The number of benzene rings is 1. The second-order valence-electron chi connectivity index (χ2n) is 5.76. The molecule has 24 heavy (non-hydrogen) atoms. The van der Waals surface area contributed by atoms with Gasteiger partial charge in [0, 0.05) is 11.1 Å². The molecule has 6 nitrogen and oxygen atoms in total. The van der Waals surface area contributed by atoms with E-state index in [2.05, 4.69) is 26.8 Å². The van der Waals surface area contributed by atoms with Crippen molar-refractivity contribution in [3.63, 3.8) is 0 Å². The summed E-state index contributed by atoms with van der Waals surface area (Å²) in [4.78, 5) is 11.7. The summed E-state index contributed by atoms with van der Waals surface area (Å²) in [5, 5.41) is 24.1. The smallest absolute Gasteiger partial charge is 0.239 e. The van der Waals surface area contributed by atoms with E-state index in [9.17, 15) is 9.90 Å². The zero-order valence-corrected chi connectivity index (χ0v) is 13.3. The highest BCUT2D eigenvalue weighted by Crippen LogP contribution is 2.45. The minimum Gasteiger partial charge on any atom is -0.507 e. The van der Waals surface area contributed by atoms with Gasteiger partial charge in [-0.3, -0.25) is 4.79 Å². The minimum atomic E-state index is -0.178. The van der Waals surface area contributed by atoms with Gasteiger partial charge in [-0.2, -0.15) is 0 Å². The standard InChI is InChI=1S/C18H18N4O2/c1-3-11-4-7-13(15(23)8-11)18-14(12-5-6-12)9-16(21-22-18)20-17(24)10-19-2/h1,4,7-9,12,19,23H,5-6,10H2,2H3,(H,20,21,24). The summed E-state index contributed by atoms with van der Waals surface area (Å²) in [7, 11) is 1.70. The predicted molar refractivity (Wildman–Crippen MR) is 91.6 cm³/mol. The van der Waals surface area contributed by atoms with Gasteiger partial charge in [-0.1, -0.05) is 5.92 Å². The van der Waals surface area contributed by atoms with E-state index in [1.54, 1.807) is 19.2 Å². The number of carbonyl (C=O) groups excluding carboxylic acids is 1. The third kappa shape index (κ3) is 3.36. The molecule has 122 valence electrons. The van der Waals surface area contributed by atoms with Crippen LogP contribution >= 0.6 is 0 Å². The Kier molecular flexibility index (Phi) is 4.45. The van der Waals surface area contributed by atoms with Crippen LogP contribution in [-0.4, -0.2) is 34.8 Å². The molecule has 1 saturated carbocycles. The number of hydrogen-bond acceptors (Lipinski definition) is 5. The quantitative estimate of drug-likeness (QED) is 0.732. The topological polar surface area (TPSA) is 87.1 Å². The summed E-state index contributed by atoms with van der Waals surface area (Å²) in [5.41, 5.74) is 2.81. The van der Waals surface area contributed by atoms with Crippen LogP contribution in [0.15, 0.2) is 24.3 Å². The Morgan fingerprint density at radius 1 is 1.38 bits per heavy atom. The monoisotopic (exact) mass is 322 g/mol. The molecule has 1 aliphatic rings. The first-order chi connectivity index (χ1) is 11.6. The summed E-state index contributed by atoms with van der Waals surface area (Å²) in [6, 6.07) is 6.88. The van der Waals surface area contributed by atoms with E-state index in [4.69, 9.17) is 6.42 Å². The maximum Gasteiger partial charge on any atom is 0.239 e. The number of hydrogen-bond donors (Lipinski definition) is 3. The molecule has 0 atom stereocenters. The Morgan fingerprint density at radius 3 is 2.79 bits per heavy atom. The molecule has 0 bridgehead atoms. The number of anilines is 1. The van der Waals surface area contributed by atoms with E-state index < -0.39 is 0 Å². The largest absolute Gasteiger partial charge is 0.507 e. The third-order valence-corrected chi connectivity index (χ3v) is 3.86. The number of amides is 1. The molecule has 6 heteroatoms. The number of nitrogens with one attached hydrogen (secondary N) is 2. The van der Waals surface area contributed by atoms with Gasteiger partial charge in [-0.15, -0.1) is 16.6 Å². The van der Waals surface area contributed by atoms with Crippen molar-refractivity contribution in [2.75, 3.05) is 18.9 Å². The number of nitrogens with zero attached hydrogens (tertiary/aromatic N) is 2. The lowest BCUT2D eigenvalue weighted by Crippen LogP contribution is -2.25. The summed E-state index contributed by atoms with van der Waals surface area (Å²) >= 11 is 0. The highest BCUT2D eigenvalue weighted by atomic mass is 16.3. The van der Waals surface area contributed by atoms with Crippen molar-refractivity contribution in [1.29, 1.82) is 0 Å². The van der Waals surface area contributed by atoms with E-state index in [0.29, 0.717) is 28.6 Å². The molecule has 1 amide bonds. The SMILES string of the molecule is C#Cc1ccc(-c2nnc(NC(=O)CNC)cc2C2CC2)c(O)c1. The molecule has 0 aliphatic heterocycles. The summed E-state index contributed by atoms with van der Waals surface area (Å²) in [5.74, 6) is 3.18. The lowest BCUT2D eigenvalue weighted by atomic mass is 10.0. The zero-order chi connectivity index (χ0) is 17.1. The van der Waals surface area contributed by atoms with Crippen molar-refractivity contribution in [3.8, 4) is 29.4 Å². The average molecular weight is 322 g/mol. The van der Waals surface area contributed by atoms with Crippen molar-refractivity contribution < 1.29 is 9.90 Å². The predicted octanol–water partition coefficient (Wildman–Crippen LogP) is 1.87. The van der Waals surface area contributed by atoms with Gasteiger partial charge in [0.15, 0.2) is 5.82 Å². The molecule has 0 spiro atoms. The minimum absolute atomic E-state index is 0.0774. The lowest BCUT2D eigenvalue weighted by molar-refractivity contribution is -0.115. The highest BCUT2D eigenvalue weighted by molar-refractivity contribution is 5.91. The van der Waals surface area contributed by atoms with Gasteiger partial charge in [0.2, 0.25) is 5.91 Å². The molecule has 1 aliphatic carbocycles. The third-order valence-electron chi connectivity index (χ3n) is 3.86. The Morgan fingerprint density at radius 2 is 2.17 bits per heavy atom. The average Bonchev–Trinajstić information content (AvgIpc) is 3.40. The first-order valence-corrected chi connectivity index (χ1v) is 7.74. The Labute approximate surface area is 140 Å². The summed E-state index contributed by atoms with van der Waals surface area (Å²) in [6.45, 7) is 0.205. The fourth-order valence-electron chi connectivity index (χ4n) is 2.55. The molecular formula is C18H18N4O2. The fourth-order valence-corrected chi connectivity index (χ4v) is 2.55. The van der Waals surface area contributed by atoms with Gasteiger partial charge in [0.1, 0.15) is 11.4 Å². The van der Waals surface area contributed by atoms with Crippen LogP contribution in [0.1, 0.15) is 29.9 Å². The molecule has 1 aromatic carbocycles. The molecule has 0 saturated heterocycles. The second kappa shape index (κ2) is 6.69. The van der Waals surface area contributed by atoms with Crippen molar-refractivity contribution in [1.82, 2.24) is 15.5 Å². The molecule has 1 aromatic heterocycles. The fraction of sp³-hybridized carbons (Fsp3) is 0.278. The van der Waals surface area contributed by atoms with Crippen molar-refractivity contribution in [2.45, 2.75) is 18.8 Å². The number of carbonyl (C=O) groups is 1. The molecule has 3 rings (SSSR count). The lowest BCUT2D eigenvalue weighted by Gasteiger charge is -2.11. The van der Waals surface area contributed by atoms with Crippen molar-refractivity contribution in [3.05, 3.63) is 35.4 Å². The number of phenolic OH excluding ortho intramolecular Hbond substituents is 1. The van der Waals surface area contributed by atoms with Gasteiger partial charge in [-0.05, 0) is 55.6 Å². The summed E-state index contributed by atoms with van der Waals surface area (Å²) < 4.78 is 0. The highest BCUT2D eigenvalue weighted by Gasteiger charge is 2.29. The Bertz CT molecular complexity index is 822. The van der Waals surface area contributed by atoms with Gasteiger partial charge in [0.25, 0.3) is 0 Å². The molecular weight excluding hydrogens is 304 g/mol. The Balaban J connectivity index is 1.97. The second-order valence-corrected chi connectivity index (χ2v) is 5.76. The van der Waals surface area contributed by atoms with E-state index in [-0.39, 0.29) is 18.2 Å². The number of likely N-dealkylation sites (N-methyl/N-ethyl adjacent to an activating group) is 1. The first-order valence-electron chi connectivity index (χ1n) is 7.74. The molecule has 1 heterocycles. The number of phenols is 1. The van der Waals surface area contributed by atoms with Crippen LogP contribution in [0.4, 0.5) is 5.82 Å². The molecule has 1 fully saturated rings. The van der Waals surface area contributed by atoms with Gasteiger partial charge >= 0.3 is 0 Å². The van der Waals surface area contributed by atoms with Crippen LogP contribution in [-0.2, 0) is 4.79 Å². The zero-order valence-electron chi connectivity index (χ0n) is 13.3.